The van der Waals surface area contributed by atoms with Gasteiger partial charge < -0.3 is 19.9 Å². The second-order valence-corrected chi connectivity index (χ2v) is 6.15. The van der Waals surface area contributed by atoms with E-state index >= 15 is 0 Å². The third kappa shape index (κ3) is 4.36. The van der Waals surface area contributed by atoms with Crippen molar-refractivity contribution in [3.05, 3.63) is 23.8 Å². The standard InChI is InChI=1S/C16H23NO4/c1-16(2,3)21-15(18)12(10-17)8-11-4-5-13-14(9-11)20-7-6-19-13/h4-5,9,12H,6-8,10,17H2,1-3H3. The van der Waals surface area contributed by atoms with Crippen LogP contribution in [0.3, 0.4) is 0 Å². The molecule has 0 bridgehead atoms. The number of carbonyl (C=O) groups excluding carboxylic acids is 1. The molecule has 1 unspecified atom stereocenters. The first-order valence-corrected chi connectivity index (χ1v) is 7.20. The summed E-state index contributed by atoms with van der Waals surface area (Å²) in [5.74, 6) is 0.844. The van der Waals surface area contributed by atoms with E-state index in [0.29, 0.717) is 19.6 Å². The van der Waals surface area contributed by atoms with Crippen LogP contribution in [0.1, 0.15) is 26.3 Å². The van der Waals surface area contributed by atoms with Gasteiger partial charge in [-0.2, -0.15) is 0 Å². The Labute approximate surface area is 125 Å². The molecule has 21 heavy (non-hydrogen) atoms. The minimum absolute atomic E-state index is 0.253. The van der Waals surface area contributed by atoms with Crippen LogP contribution in [0.5, 0.6) is 11.5 Å². The summed E-state index contributed by atoms with van der Waals surface area (Å²) >= 11 is 0. The maximum atomic E-state index is 12.1. The van der Waals surface area contributed by atoms with Crippen LogP contribution in [0.2, 0.25) is 0 Å². The fourth-order valence-corrected chi connectivity index (χ4v) is 2.15. The zero-order valence-electron chi connectivity index (χ0n) is 12.8. The van der Waals surface area contributed by atoms with Gasteiger partial charge in [0.2, 0.25) is 0 Å². The van der Waals surface area contributed by atoms with Crippen molar-refractivity contribution in [3.8, 4) is 11.5 Å². The van der Waals surface area contributed by atoms with Crippen molar-refractivity contribution in [2.45, 2.75) is 32.8 Å². The van der Waals surface area contributed by atoms with Crippen molar-refractivity contribution < 1.29 is 19.0 Å². The van der Waals surface area contributed by atoms with Crippen LogP contribution in [0.4, 0.5) is 0 Å². The summed E-state index contributed by atoms with van der Waals surface area (Å²) in [6.07, 6.45) is 0.530. The molecule has 1 aliphatic rings. The second kappa shape index (κ2) is 6.35. The van der Waals surface area contributed by atoms with Gasteiger partial charge >= 0.3 is 5.97 Å². The number of ether oxygens (including phenoxy) is 3. The topological polar surface area (TPSA) is 70.8 Å². The molecule has 1 aromatic carbocycles. The van der Waals surface area contributed by atoms with Crippen molar-refractivity contribution in [3.63, 3.8) is 0 Å². The normalized spacial score (nSPS) is 15.4. The largest absolute Gasteiger partial charge is 0.486 e. The lowest BCUT2D eigenvalue weighted by atomic mass is 9.98. The number of esters is 1. The van der Waals surface area contributed by atoms with Crippen molar-refractivity contribution in [1.29, 1.82) is 0 Å². The number of benzene rings is 1. The molecule has 2 rings (SSSR count). The molecular formula is C16H23NO4. The highest BCUT2D eigenvalue weighted by Gasteiger charge is 2.25. The molecule has 1 atom stereocenters. The predicted molar refractivity (Wildman–Crippen MR) is 79.5 cm³/mol. The Morgan fingerprint density at radius 3 is 2.57 bits per heavy atom. The number of hydrogen-bond acceptors (Lipinski definition) is 5. The van der Waals surface area contributed by atoms with Gasteiger partial charge in [0.15, 0.2) is 11.5 Å². The maximum absolute atomic E-state index is 12.1. The number of carbonyl (C=O) groups is 1. The molecule has 0 aromatic heterocycles. The summed E-state index contributed by atoms with van der Waals surface area (Å²) in [5.41, 5.74) is 6.21. The number of nitrogens with two attached hydrogens (primary N) is 1. The minimum Gasteiger partial charge on any atom is -0.486 e. The van der Waals surface area contributed by atoms with Crippen molar-refractivity contribution in [1.82, 2.24) is 0 Å². The van der Waals surface area contributed by atoms with Gasteiger partial charge in [0, 0.05) is 6.54 Å². The van der Waals surface area contributed by atoms with E-state index in [1.807, 2.05) is 39.0 Å². The van der Waals surface area contributed by atoms with Crippen LogP contribution in [-0.4, -0.2) is 31.3 Å². The van der Waals surface area contributed by atoms with Gasteiger partial charge in [-0.15, -0.1) is 0 Å². The molecule has 1 aliphatic heterocycles. The van der Waals surface area contributed by atoms with Crippen LogP contribution in [0, 0.1) is 5.92 Å². The van der Waals surface area contributed by atoms with E-state index in [4.69, 9.17) is 19.9 Å². The highest BCUT2D eigenvalue weighted by molar-refractivity contribution is 5.73. The van der Waals surface area contributed by atoms with Gasteiger partial charge in [-0.05, 0) is 44.9 Å². The summed E-state index contributed by atoms with van der Waals surface area (Å²) in [6, 6.07) is 5.70. The predicted octanol–water partition coefficient (Wildman–Crippen LogP) is 1.92. The van der Waals surface area contributed by atoms with Crippen LogP contribution >= 0.6 is 0 Å². The maximum Gasteiger partial charge on any atom is 0.311 e. The lowest BCUT2D eigenvalue weighted by Gasteiger charge is -2.24. The molecule has 0 amide bonds. The number of rotatable bonds is 4. The molecule has 0 fully saturated rings. The molecule has 5 nitrogen and oxygen atoms in total. The fourth-order valence-electron chi connectivity index (χ4n) is 2.15. The van der Waals surface area contributed by atoms with Gasteiger partial charge in [0.25, 0.3) is 0 Å². The molecule has 0 saturated heterocycles. The lowest BCUT2D eigenvalue weighted by molar-refractivity contribution is -0.159. The Hall–Kier alpha value is -1.75. The molecule has 0 aliphatic carbocycles. The van der Waals surface area contributed by atoms with Crippen LogP contribution in [0.25, 0.3) is 0 Å². The highest BCUT2D eigenvalue weighted by atomic mass is 16.6. The summed E-state index contributed by atoms with van der Waals surface area (Å²) in [4.78, 5) is 12.1. The Balaban J connectivity index is 2.06. The molecule has 0 saturated carbocycles. The van der Waals surface area contributed by atoms with E-state index < -0.39 is 5.60 Å². The van der Waals surface area contributed by atoms with E-state index in [0.717, 1.165) is 17.1 Å². The van der Waals surface area contributed by atoms with Gasteiger partial charge in [0.1, 0.15) is 18.8 Å². The lowest BCUT2D eigenvalue weighted by Crippen LogP contribution is -2.33. The van der Waals surface area contributed by atoms with Gasteiger partial charge in [0.05, 0.1) is 5.92 Å². The van der Waals surface area contributed by atoms with Crippen molar-refractivity contribution in [2.75, 3.05) is 19.8 Å². The first-order valence-electron chi connectivity index (χ1n) is 7.20. The molecular weight excluding hydrogens is 270 g/mol. The molecule has 0 radical (unpaired) electrons. The zero-order chi connectivity index (χ0) is 15.5. The van der Waals surface area contributed by atoms with Gasteiger partial charge in [-0.3, -0.25) is 4.79 Å². The fraction of sp³-hybridized carbons (Fsp3) is 0.562. The number of hydrogen-bond donors (Lipinski definition) is 1. The third-order valence-corrected chi connectivity index (χ3v) is 3.11. The Morgan fingerprint density at radius 1 is 1.29 bits per heavy atom. The zero-order valence-corrected chi connectivity index (χ0v) is 12.8. The first kappa shape index (κ1) is 15.6. The smallest absolute Gasteiger partial charge is 0.311 e. The van der Waals surface area contributed by atoms with E-state index in [9.17, 15) is 4.79 Å². The summed E-state index contributed by atoms with van der Waals surface area (Å²) in [6.45, 7) is 6.91. The van der Waals surface area contributed by atoms with Gasteiger partial charge in [-0.25, -0.2) is 0 Å². The summed E-state index contributed by atoms with van der Waals surface area (Å²) in [5, 5.41) is 0. The van der Waals surface area contributed by atoms with Crippen LogP contribution in [0.15, 0.2) is 18.2 Å². The van der Waals surface area contributed by atoms with E-state index in [1.165, 1.54) is 0 Å². The van der Waals surface area contributed by atoms with E-state index in [2.05, 4.69) is 0 Å². The van der Waals surface area contributed by atoms with Crippen LogP contribution in [-0.2, 0) is 16.0 Å². The minimum atomic E-state index is -0.503. The summed E-state index contributed by atoms with van der Waals surface area (Å²) < 4.78 is 16.4. The molecule has 1 aromatic rings. The molecule has 116 valence electrons. The number of fused-ring (bicyclic) bond motifs is 1. The molecule has 1 heterocycles. The second-order valence-electron chi connectivity index (χ2n) is 6.15. The van der Waals surface area contributed by atoms with E-state index in [1.54, 1.807) is 0 Å². The molecule has 5 heteroatoms. The van der Waals surface area contributed by atoms with Crippen molar-refractivity contribution >= 4 is 5.97 Å². The van der Waals surface area contributed by atoms with Crippen LogP contribution < -0.4 is 15.2 Å². The Bertz CT molecular complexity index is 507. The average Bonchev–Trinajstić information content (AvgIpc) is 2.42. The van der Waals surface area contributed by atoms with Gasteiger partial charge in [-0.1, -0.05) is 6.07 Å². The van der Waals surface area contributed by atoms with E-state index in [-0.39, 0.29) is 18.4 Å². The monoisotopic (exact) mass is 293 g/mol. The first-order chi connectivity index (χ1) is 9.89. The average molecular weight is 293 g/mol. The SMILES string of the molecule is CC(C)(C)OC(=O)C(CN)Cc1ccc2c(c1)OCCO2. The molecule has 2 N–H and O–H groups in total. The molecule has 0 spiro atoms. The Kier molecular flexibility index (Phi) is 4.73. The summed E-state index contributed by atoms with van der Waals surface area (Å²) in [7, 11) is 0. The van der Waals surface area contributed by atoms with Crippen molar-refractivity contribution in [2.24, 2.45) is 11.7 Å². The quantitative estimate of drug-likeness (QED) is 0.859. The third-order valence-electron chi connectivity index (χ3n) is 3.11. The Morgan fingerprint density at radius 2 is 1.95 bits per heavy atom. The highest BCUT2D eigenvalue weighted by Crippen LogP contribution is 2.31.